The van der Waals surface area contributed by atoms with Crippen molar-refractivity contribution in [3.05, 3.63) is 16.4 Å². The smallest absolute Gasteiger partial charge is 0.372 e. The summed E-state index contributed by atoms with van der Waals surface area (Å²) >= 11 is 0. The zero-order valence-corrected chi connectivity index (χ0v) is 11.6. The van der Waals surface area contributed by atoms with Gasteiger partial charge in [-0.15, -0.1) is 0 Å². The molecule has 1 atom stereocenters. The van der Waals surface area contributed by atoms with E-state index in [9.17, 15) is 18.5 Å². The second-order valence-corrected chi connectivity index (χ2v) is 6.72. The lowest BCUT2D eigenvalue weighted by Crippen LogP contribution is -2.17. The fourth-order valence-electron chi connectivity index (χ4n) is 2.08. The number of sulfone groups is 1. The Labute approximate surface area is 115 Å². The lowest BCUT2D eigenvalue weighted by molar-refractivity contribution is -0.385. The van der Waals surface area contributed by atoms with E-state index in [1.807, 2.05) is 0 Å². The van der Waals surface area contributed by atoms with Crippen molar-refractivity contribution in [2.75, 3.05) is 30.5 Å². The van der Waals surface area contributed by atoms with Crippen molar-refractivity contribution in [3.63, 3.8) is 0 Å². The SMILES string of the molecule is COc1ncnc(NCC2CCS(=O)(=O)C2)c1[N+](=O)[O-]. The molecule has 1 saturated heterocycles. The molecular weight excluding hydrogens is 288 g/mol. The highest BCUT2D eigenvalue weighted by molar-refractivity contribution is 7.91. The third-order valence-electron chi connectivity index (χ3n) is 3.05. The normalized spacial score (nSPS) is 20.6. The van der Waals surface area contributed by atoms with E-state index in [-0.39, 0.29) is 34.8 Å². The summed E-state index contributed by atoms with van der Waals surface area (Å²) in [5.74, 6) is 0.0862. The lowest BCUT2D eigenvalue weighted by Gasteiger charge is -2.10. The van der Waals surface area contributed by atoms with Crippen LogP contribution in [-0.4, -0.2) is 48.5 Å². The number of methoxy groups -OCH3 is 1. The molecule has 0 saturated carbocycles. The summed E-state index contributed by atoms with van der Waals surface area (Å²) in [4.78, 5) is 17.9. The minimum atomic E-state index is -2.97. The predicted octanol–water partition coefficient (Wildman–Crippen LogP) is 0.240. The van der Waals surface area contributed by atoms with Gasteiger partial charge in [-0.1, -0.05) is 0 Å². The van der Waals surface area contributed by atoms with Gasteiger partial charge in [0.2, 0.25) is 5.82 Å². The van der Waals surface area contributed by atoms with E-state index in [1.165, 1.54) is 7.11 Å². The Balaban J connectivity index is 2.12. The molecule has 10 heteroatoms. The minimum Gasteiger partial charge on any atom is -0.476 e. The number of ether oxygens (including phenoxy) is 1. The molecule has 2 heterocycles. The summed E-state index contributed by atoms with van der Waals surface area (Å²) in [5.41, 5.74) is -0.351. The Morgan fingerprint density at radius 1 is 1.55 bits per heavy atom. The first-order valence-corrected chi connectivity index (χ1v) is 7.73. The molecule has 0 radical (unpaired) electrons. The van der Waals surface area contributed by atoms with Crippen LogP contribution >= 0.6 is 0 Å². The molecule has 0 spiro atoms. The molecule has 1 aromatic rings. The molecule has 1 fully saturated rings. The van der Waals surface area contributed by atoms with Crippen molar-refractivity contribution >= 4 is 21.3 Å². The Morgan fingerprint density at radius 3 is 2.85 bits per heavy atom. The van der Waals surface area contributed by atoms with Crippen LogP contribution in [0.15, 0.2) is 6.33 Å². The third-order valence-corrected chi connectivity index (χ3v) is 4.89. The van der Waals surface area contributed by atoms with E-state index in [4.69, 9.17) is 4.74 Å². The van der Waals surface area contributed by atoms with Crippen LogP contribution in [0.2, 0.25) is 0 Å². The van der Waals surface area contributed by atoms with Gasteiger partial charge in [0.1, 0.15) is 6.33 Å². The maximum atomic E-state index is 11.3. The predicted molar refractivity (Wildman–Crippen MR) is 70.5 cm³/mol. The van der Waals surface area contributed by atoms with Crippen LogP contribution in [-0.2, 0) is 9.84 Å². The van der Waals surface area contributed by atoms with E-state index in [0.717, 1.165) is 6.33 Å². The van der Waals surface area contributed by atoms with Gasteiger partial charge in [-0.25, -0.2) is 13.4 Å². The highest BCUT2D eigenvalue weighted by Gasteiger charge is 2.29. The average Bonchev–Trinajstić information content (AvgIpc) is 2.75. The summed E-state index contributed by atoms with van der Waals surface area (Å²) in [7, 11) is -1.69. The van der Waals surface area contributed by atoms with E-state index in [2.05, 4.69) is 15.3 Å². The summed E-state index contributed by atoms with van der Waals surface area (Å²) in [6, 6.07) is 0. The molecule has 1 unspecified atom stereocenters. The Kier molecular flexibility index (Phi) is 4.02. The average molecular weight is 302 g/mol. The molecule has 0 aliphatic carbocycles. The summed E-state index contributed by atoms with van der Waals surface area (Å²) < 4.78 is 27.5. The molecule has 1 aromatic heterocycles. The van der Waals surface area contributed by atoms with Crippen LogP contribution in [0.25, 0.3) is 0 Å². The quantitative estimate of drug-likeness (QED) is 0.605. The standard InChI is InChI=1S/C10H14N4O5S/c1-19-10-8(14(15)16)9(12-6-13-10)11-4-7-2-3-20(17,18)5-7/h6-7H,2-5H2,1H3,(H,11,12,13). The van der Waals surface area contributed by atoms with E-state index < -0.39 is 14.8 Å². The summed E-state index contributed by atoms with van der Waals surface area (Å²) in [5, 5.41) is 13.8. The van der Waals surface area contributed by atoms with Gasteiger partial charge in [0.25, 0.3) is 5.88 Å². The largest absolute Gasteiger partial charge is 0.476 e. The molecule has 1 N–H and O–H groups in total. The first-order chi connectivity index (χ1) is 9.43. The number of hydrogen-bond acceptors (Lipinski definition) is 8. The second kappa shape index (κ2) is 5.57. The van der Waals surface area contributed by atoms with Gasteiger partial charge in [0, 0.05) is 6.54 Å². The van der Waals surface area contributed by atoms with Gasteiger partial charge in [0.05, 0.1) is 23.5 Å². The first-order valence-electron chi connectivity index (χ1n) is 5.90. The molecule has 1 aliphatic rings. The van der Waals surface area contributed by atoms with Crippen molar-refractivity contribution in [1.82, 2.24) is 9.97 Å². The molecule has 0 aromatic carbocycles. The zero-order valence-electron chi connectivity index (χ0n) is 10.8. The van der Waals surface area contributed by atoms with Gasteiger partial charge in [-0.3, -0.25) is 10.1 Å². The van der Waals surface area contributed by atoms with Crippen molar-refractivity contribution in [2.24, 2.45) is 5.92 Å². The van der Waals surface area contributed by atoms with Crippen LogP contribution < -0.4 is 10.1 Å². The molecule has 1 aliphatic heterocycles. The van der Waals surface area contributed by atoms with Crippen molar-refractivity contribution in [2.45, 2.75) is 6.42 Å². The number of anilines is 1. The highest BCUT2D eigenvalue weighted by atomic mass is 32.2. The number of rotatable bonds is 5. The molecule has 0 amide bonds. The first kappa shape index (κ1) is 14.4. The number of aromatic nitrogens is 2. The lowest BCUT2D eigenvalue weighted by atomic mass is 10.1. The third kappa shape index (κ3) is 3.13. The summed E-state index contributed by atoms with van der Waals surface area (Å²) in [6.07, 6.45) is 1.70. The molecule has 110 valence electrons. The number of nitrogens with zero attached hydrogens (tertiary/aromatic N) is 3. The maximum absolute atomic E-state index is 11.3. The highest BCUT2D eigenvalue weighted by Crippen LogP contribution is 2.30. The van der Waals surface area contributed by atoms with Gasteiger partial charge in [0.15, 0.2) is 9.84 Å². The van der Waals surface area contributed by atoms with Crippen LogP contribution in [0.4, 0.5) is 11.5 Å². The number of nitrogens with one attached hydrogen (secondary N) is 1. The van der Waals surface area contributed by atoms with Gasteiger partial charge in [-0.05, 0) is 12.3 Å². The topological polar surface area (TPSA) is 124 Å². The van der Waals surface area contributed by atoms with Crippen molar-refractivity contribution in [3.8, 4) is 5.88 Å². The van der Waals surface area contributed by atoms with E-state index in [0.29, 0.717) is 13.0 Å². The van der Waals surface area contributed by atoms with Crippen molar-refractivity contribution < 1.29 is 18.1 Å². The van der Waals surface area contributed by atoms with Gasteiger partial charge >= 0.3 is 5.69 Å². The number of hydrogen-bond donors (Lipinski definition) is 1. The van der Waals surface area contributed by atoms with Gasteiger partial charge in [-0.2, -0.15) is 4.98 Å². The Bertz CT molecular complexity index is 618. The van der Waals surface area contributed by atoms with Crippen LogP contribution in [0.3, 0.4) is 0 Å². The maximum Gasteiger partial charge on any atom is 0.372 e. The van der Waals surface area contributed by atoms with Gasteiger partial charge < -0.3 is 10.1 Å². The number of nitro groups is 1. The second-order valence-electron chi connectivity index (χ2n) is 4.49. The van der Waals surface area contributed by atoms with E-state index in [1.54, 1.807) is 0 Å². The minimum absolute atomic E-state index is 0.0335. The van der Waals surface area contributed by atoms with Crippen LogP contribution in [0, 0.1) is 16.0 Å². The molecular formula is C10H14N4O5S. The fourth-order valence-corrected chi connectivity index (χ4v) is 3.94. The zero-order chi connectivity index (χ0) is 14.8. The monoisotopic (exact) mass is 302 g/mol. The molecule has 20 heavy (non-hydrogen) atoms. The fraction of sp³-hybridized carbons (Fsp3) is 0.600. The Morgan fingerprint density at radius 2 is 2.30 bits per heavy atom. The van der Waals surface area contributed by atoms with E-state index >= 15 is 0 Å². The Hall–Kier alpha value is -1.97. The molecule has 2 rings (SSSR count). The molecule has 9 nitrogen and oxygen atoms in total. The van der Waals surface area contributed by atoms with Crippen LogP contribution in [0.1, 0.15) is 6.42 Å². The van der Waals surface area contributed by atoms with Crippen molar-refractivity contribution in [1.29, 1.82) is 0 Å². The van der Waals surface area contributed by atoms with Crippen LogP contribution in [0.5, 0.6) is 5.88 Å². The summed E-state index contributed by atoms with van der Waals surface area (Å²) in [6.45, 7) is 0.306. The molecule has 0 bridgehead atoms.